The Morgan fingerprint density at radius 3 is 2.53 bits per heavy atom. The zero-order valence-electron chi connectivity index (χ0n) is 17.5. The molecule has 0 saturated carbocycles. The predicted molar refractivity (Wildman–Crippen MR) is 122 cm³/mol. The van der Waals surface area contributed by atoms with Crippen LogP contribution in [0.15, 0.2) is 66.9 Å². The summed E-state index contributed by atoms with van der Waals surface area (Å²) in [6, 6.07) is 15.1. The van der Waals surface area contributed by atoms with Crippen LogP contribution in [0.4, 0.5) is 15.9 Å². The van der Waals surface area contributed by atoms with Crippen LogP contribution < -0.4 is 10.2 Å². The molecule has 0 fully saturated rings. The second-order valence-corrected chi connectivity index (χ2v) is 7.57. The van der Waals surface area contributed by atoms with Crippen LogP contribution in [-0.4, -0.2) is 35.1 Å². The topological polar surface area (TPSA) is 82.5 Å². The molecular formula is C25H22FN3O3. The molecule has 2 N–H and O–H groups in total. The van der Waals surface area contributed by atoms with Gasteiger partial charge in [0.1, 0.15) is 17.2 Å². The lowest BCUT2D eigenvalue weighted by Crippen LogP contribution is -2.31. The Bertz CT molecular complexity index is 1220. The summed E-state index contributed by atoms with van der Waals surface area (Å²) in [7, 11) is 0. The van der Waals surface area contributed by atoms with E-state index in [-0.39, 0.29) is 16.8 Å². The molecule has 6 nitrogen and oxygen atoms in total. The Hall–Kier alpha value is -4.00. The van der Waals surface area contributed by atoms with Crippen LogP contribution in [0.25, 0.3) is 5.57 Å². The molecule has 0 atom stereocenters. The van der Waals surface area contributed by atoms with Crippen molar-refractivity contribution in [2.24, 2.45) is 0 Å². The SMILES string of the molecule is Cc1ccccc1C1=CCN(c2ncc(NC(=O)c3ccccc3F)cc2C(=O)O)CC1. The number of carbonyl (C=O) groups excluding carboxylic acids is 1. The van der Waals surface area contributed by atoms with Crippen molar-refractivity contribution in [3.05, 3.63) is 94.9 Å². The molecule has 3 aromatic rings. The first-order chi connectivity index (χ1) is 15.4. The number of carboxylic acid groups (broad SMARTS) is 1. The number of hydrogen-bond donors (Lipinski definition) is 2. The largest absolute Gasteiger partial charge is 0.478 e. The molecular weight excluding hydrogens is 409 g/mol. The molecule has 0 bridgehead atoms. The van der Waals surface area contributed by atoms with Gasteiger partial charge in [-0.3, -0.25) is 4.79 Å². The summed E-state index contributed by atoms with van der Waals surface area (Å²) in [4.78, 5) is 30.5. The molecule has 2 heterocycles. The highest BCUT2D eigenvalue weighted by molar-refractivity contribution is 6.05. The van der Waals surface area contributed by atoms with Gasteiger partial charge in [0.25, 0.3) is 5.91 Å². The first-order valence-corrected chi connectivity index (χ1v) is 10.2. The van der Waals surface area contributed by atoms with Crippen molar-refractivity contribution in [3.63, 3.8) is 0 Å². The second-order valence-electron chi connectivity index (χ2n) is 7.57. The number of rotatable bonds is 5. The first-order valence-electron chi connectivity index (χ1n) is 10.2. The number of nitrogens with zero attached hydrogens (tertiary/aromatic N) is 2. The minimum Gasteiger partial charge on any atom is -0.478 e. The number of nitrogens with one attached hydrogen (secondary N) is 1. The minimum atomic E-state index is -1.15. The van der Waals surface area contributed by atoms with Crippen molar-refractivity contribution in [3.8, 4) is 0 Å². The van der Waals surface area contributed by atoms with E-state index in [1.807, 2.05) is 17.0 Å². The molecule has 0 aliphatic carbocycles. The van der Waals surface area contributed by atoms with Gasteiger partial charge >= 0.3 is 5.97 Å². The van der Waals surface area contributed by atoms with Gasteiger partial charge in [0.15, 0.2) is 0 Å². The Morgan fingerprint density at radius 1 is 1.09 bits per heavy atom. The van der Waals surface area contributed by atoms with Crippen LogP contribution in [0.1, 0.15) is 38.3 Å². The Balaban J connectivity index is 1.55. The van der Waals surface area contributed by atoms with Gasteiger partial charge in [-0.1, -0.05) is 42.5 Å². The number of pyridine rings is 1. The summed E-state index contributed by atoms with van der Waals surface area (Å²) in [6.45, 7) is 3.22. The van der Waals surface area contributed by atoms with Crippen molar-refractivity contribution in [2.45, 2.75) is 13.3 Å². The number of halogens is 1. The number of hydrogen-bond acceptors (Lipinski definition) is 4. The van der Waals surface area contributed by atoms with Gasteiger partial charge in [-0.05, 0) is 48.2 Å². The Labute approximate surface area is 185 Å². The van der Waals surface area contributed by atoms with Gasteiger partial charge in [-0.15, -0.1) is 0 Å². The van der Waals surface area contributed by atoms with E-state index in [1.54, 1.807) is 6.07 Å². The maximum absolute atomic E-state index is 13.9. The fraction of sp³-hybridized carbons (Fsp3) is 0.160. The van der Waals surface area contributed by atoms with E-state index in [4.69, 9.17) is 0 Å². The highest BCUT2D eigenvalue weighted by Gasteiger charge is 2.22. The first kappa shape index (κ1) is 21.2. The van der Waals surface area contributed by atoms with Crippen LogP contribution in [-0.2, 0) is 0 Å². The van der Waals surface area contributed by atoms with E-state index in [9.17, 15) is 19.1 Å². The van der Waals surface area contributed by atoms with Gasteiger partial charge in [-0.2, -0.15) is 0 Å². The Morgan fingerprint density at radius 2 is 1.84 bits per heavy atom. The lowest BCUT2D eigenvalue weighted by Gasteiger charge is -2.29. The average Bonchev–Trinajstić information content (AvgIpc) is 2.80. The number of anilines is 2. The van der Waals surface area contributed by atoms with Crippen LogP contribution >= 0.6 is 0 Å². The monoisotopic (exact) mass is 431 g/mol. The molecule has 1 aliphatic rings. The van der Waals surface area contributed by atoms with Crippen molar-refractivity contribution in [1.82, 2.24) is 4.98 Å². The molecule has 2 aromatic carbocycles. The lowest BCUT2D eigenvalue weighted by atomic mass is 9.95. The molecule has 32 heavy (non-hydrogen) atoms. The van der Waals surface area contributed by atoms with E-state index in [2.05, 4.69) is 35.4 Å². The normalized spacial score (nSPS) is 13.4. The third-order valence-corrected chi connectivity index (χ3v) is 5.47. The highest BCUT2D eigenvalue weighted by Crippen LogP contribution is 2.29. The number of aromatic nitrogens is 1. The fourth-order valence-electron chi connectivity index (χ4n) is 3.82. The highest BCUT2D eigenvalue weighted by atomic mass is 19.1. The summed E-state index contributed by atoms with van der Waals surface area (Å²) >= 11 is 0. The van der Waals surface area contributed by atoms with Gasteiger partial charge in [0.2, 0.25) is 0 Å². The molecule has 0 unspecified atom stereocenters. The van der Waals surface area contributed by atoms with Crippen LogP contribution in [0.2, 0.25) is 0 Å². The van der Waals surface area contributed by atoms with E-state index in [1.165, 1.54) is 47.2 Å². The zero-order valence-corrected chi connectivity index (χ0v) is 17.5. The van der Waals surface area contributed by atoms with E-state index < -0.39 is 17.7 Å². The summed E-state index contributed by atoms with van der Waals surface area (Å²) in [5.41, 5.74) is 3.66. The van der Waals surface area contributed by atoms with Gasteiger partial charge < -0.3 is 15.3 Å². The van der Waals surface area contributed by atoms with E-state index in [0.29, 0.717) is 18.9 Å². The van der Waals surface area contributed by atoms with E-state index in [0.717, 1.165) is 6.42 Å². The summed E-state index contributed by atoms with van der Waals surface area (Å²) in [5, 5.41) is 12.3. The number of carboxylic acids is 1. The summed E-state index contributed by atoms with van der Waals surface area (Å²) in [6.07, 6.45) is 4.24. The molecule has 162 valence electrons. The molecule has 0 spiro atoms. The van der Waals surface area contributed by atoms with Crippen molar-refractivity contribution >= 4 is 29.0 Å². The lowest BCUT2D eigenvalue weighted by molar-refractivity contribution is 0.0696. The smallest absolute Gasteiger partial charge is 0.339 e. The number of carbonyl (C=O) groups is 2. The van der Waals surface area contributed by atoms with Gasteiger partial charge in [-0.25, -0.2) is 14.2 Å². The average molecular weight is 431 g/mol. The maximum atomic E-state index is 13.9. The minimum absolute atomic E-state index is 0.0240. The number of aryl methyl sites for hydroxylation is 1. The third kappa shape index (κ3) is 4.37. The number of amides is 1. The van der Waals surface area contributed by atoms with Crippen molar-refractivity contribution in [1.29, 1.82) is 0 Å². The fourth-order valence-corrected chi connectivity index (χ4v) is 3.82. The third-order valence-electron chi connectivity index (χ3n) is 5.47. The molecule has 0 radical (unpaired) electrons. The molecule has 7 heteroatoms. The molecule has 1 amide bonds. The van der Waals surface area contributed by atoms with Crippen molar-refractivity contribution < 1.29 is 19.1 Å². The van der Waals surface area contributed by atoms with Crippen LogP contribution in [0.5, 0.6) is 0 Å². The quantitative estimate of drug-likeness (QED) is 0.608. The molecule has 4 rings (SSSR count). The van der Waals surface area contributed by atoms with E-state index >= 15 is 0 Å². The predicted octanol–water partition coefficient (Wildman–Crippen LogP) is 4.77. The maximum Gasteiger partial charge on any atom is 0.339 e. The second kappa shape index (κ2) is 9.01. The van der Waals surface area contributed by atoms with Crippen LogP contribution in [0, 0.1) is 12.7 Å². The number of benzene rings is 2. The Kier molecular flexibility index (Phi) is 5.98. The standard InChI is InChI=1S/C25H22FN3O3/c1-16-6-2-3-7-19(16)17-10-12-29(13-11-17)23-21(25(31)32)14-18(15-27-23)28-24(30)20-8-4-5-9-22(20)26/h2-10,14-15H,11-13H2,1H3,(H,28,30)(H,31,32). The number of aromatic carboxylic acids is 1. The molecule has 0 saturated heterocycles. The summed E-state index contributed by atoms with van der Waals surface area (Å²) < 4.78 is 13.9. The zero-order chi connectivity index (χ0) is 22.7. The molecule has 1 aliphatic heterocycles. The summed E-state index contributed by atoms with van der Waals surface area (Å²) in [5.74, 6) is -2.14. The van der Waals surface area contributed by atoms with Gasteiger partial charge in [0.05, 0.1) is 17.4 Å². The molecule has 1 aromatic heterocycles. The van der Waals surface area contributed by atoms with Gasteiger partial charge in [0, 0.05) is 13.1 Å². The van der Waals surface area contributed by atoms with Crippen molar-refractivity contribution in [2.75, 3.05) is 23.3 Å². The van der Waals surface area contributed by atoms with Crippen LogP contribution in [0.3, 0.4) is 0 Å².